The maximum Gasteiger partial charge on any atom is 0.241 e. The highest BCUT2D eigenvalue weighted by Crippen LogP contribution is 2.25. The van der Waals surface area contributed by atoms with Crippen molar-refractivity contribution in [2.45, 2.75) is 18.7 Å². The predicted octanol–water partition coefficient (Wildman–Crippen LogP) is 2.83. The van der Waals surface area contributed by atoms with Gasteiger partial charge in [0, 0.05) is 22.0 Å². The molecule has 1 aromatic carbocycles. The highest BCUT2D eigenvalue weighted by molar-refractivity contribution is 9.11. The van der Waals surface area contributed by atoms with E-state index in [-0.39, 0.29) is 4.90 Å². The smallest absolute Gasteiger partial charge is 0.241 e. The first-order valence-electron chi connectivity index (χ1n) is 6.07. The lowest BCUT2D eigenvalue weighted by Gasteiger charge is -2.18. The highest BCUT2D eigenvalue weighted by atomic mass is 79.9. The number of nitrogens with one attached hydrogen (secondary N) is 1. The Morgan fingerprint density at radius 3 is 2.37 bits per heavy atom. The fourth-order valence-corrected chi connectivity index (χ4v) is 4.41. The topological polar surface area (TPSA) is 49.4 Å². The number of hydrogen-bond donors (Lipinski definition) is 1. The molecule has 0 radical (unpaired) electrons. The maximum atomic E-state index is 12.1. The average Bonchev–Trinajstić information content (AvgIpc) is 2.34. The first-order chi connectivity index (χ1) is 8.90. The van der Waals surface area contributed by atoms with Crippen LogP contribution in [0.2, 0.25) is 0 Å². The molecule has 108 valence electrons. The third-order valence-electron chi connectivity index (χ3n) is 2.80. The van der Waals surface area contributed by atoms with Crippen LogP contribution in [0.15, 0.2) is 32.0 Å². The van der Waals surface area contributed by atoms with Gasteiger partial charge in [0.15, 0.2) is 0 Å². The molecule has 7 heteroatoms. The van der Waals surface area contributed by atoms with Gasteiger partial charge in [-0.05, 0) is 47.2 Å². The van der Waals surface area contributed by atoms with Crippen LogP contribution in [-0.4, -0.2) is 39.5 Å². The minimum atomic E-state index is -3.46. The van der Waals surface area contributed by atoms with E-state index >= 15 is 0 Å². The van der Waals surface area contributed by atoms with Crippen LogP contribution < -0.4 is 4.72 Å². The van der Waals surface area contributed by atoms with E-state index in [0.29, 0.717) is 17.6 Å². The fourth-order valence-electron chi connectivity index (χ4n) is 1.65. The molecule has 0 bridgehead atoms. The zero-order valence-corrected chi connectivity index (χ0v) is 15.0. The zero-order valence-electron chi connectivity index (χ0n) is 11.0. The van der Waals surface area contributed by atoms with Crippen molar-refractivity contribution in [1.29, 1.82) is 0 Å². The molecule has 0 aromatic heterocycles. The molecule has 0 saturated carbocycles. The minimum Gasteiger partial charge on any atom is -0.303 e. The summed E-state index contributed by atoms with van der Waals surface area (Å²) in [5.41, 5.74) is 0. The normalized spacial score (nSPS) is 12.1. The Morgan fingerprint density at radius 1 is 1.21 bits per heavy atom. The van der Waals surface area contributed by atoms with E-state index in [9.17, 15) is 8.42 Å². The van der Waals surface area contributed by atoms with Crippen LogP contribution in [-0.2, 0) is 10.0 Å². The monoisotopic (exact) mass is 412 g/mol. The average molecular weight is 414 g/mol. The van der Waals surface area contributed by atoms with Gasteiger partial charge < -0.3 is 4.90 Å². The van der Waals surface area contributed by atoms with Crippen molar-refractivity contribution >= 4 is 41.9 Å². The number of rotatable bonds is 7. The summed E-state index contributed by atoms with van der Waals surface area (Å²) in [7, 11) is -3.46. The van der Waals surface area contributed by atoms with Crippen molar-refractivity contribution in [2.24, 2.45) is 0 Å². The van der Waals surface area contributed by atoms with Gasteiger partial charge in [-0.1, -0.05) is 29.8 Å². The number of likely N-dealkylation sites (N-methyl/N-ethyl adjacent to an activating group) is 1. The van der Waals surface area contributed by atoms with Crippen LogP contribution in [0, 0.1) is 0 Å². The third-order valence-corrected chi connectivity index (χ3v) is 5.73. The van der Waals surface area contributed by atoms with Gasteiger partial charge in [0.1, 0.15) is 0 Å². The molecule has 0 fully saturated rings. The fraction of sp³-hybridized carbons (Fsp3) is 0.500. The number of nitrogens with zero attached hydrogens (tertiary/aromatic N) is 1. The van der Waals surface area contributed by atoms with Crippen molar-refractivity contribution in [3.8, 4) is 0 Å². The van der Waals surface area contributed by atoms with Gasteiger partial charge >= 0.3 is 0 Å². The van der Waals surface area contributed by atoms with E-state index in [1.54, 1.807) is 18.2 Å². The second-order valence-corrected chi connectivity index (χ2v) is 7.50. The van der Waals surface area contributed by atoms with Crippen LogP contribution in [0.3, 0.4) is 0 Å². The van der Waals surface area contributed by atoms with Crippen LogP contribution in [0.25, 0.3) is 0 Å². The summed E-state index contributed by atoms with van der Waals surface area (Å²) >= 11 is 6.57. The standard InChI is InChI=1S/C12H18Br2N2O2S/c1-3-16(4-2)8-7-15-19(17,18)12-6-5-10(13)9-11(12)14/h5-6,9,15H,3-4,7-8H2,1-2H3. The largest absolute Gasteiger partial charge is 0.303 e. The summed E-state index contributed by atoms with van der Waals surface area (Å²) in [6.45, 7) is 7.07. The molecule has 1 rings (SSSR count). The molecule has 0 saturated heterocycles. The van der Waals surface area contributed by atoms with Crippen molar-refractivity contribution in [1.82, 2.24) is 9.62 Å². The predicted molar refractivity (Wildman–Crippen MR) is 84.8 cm³/mol. The summed E-state index contributed by atoms with van der Waals surface area (Å²) in [4.78, 5) is 2.43. The molecule has 0 aliphatic carbocycles. The lowest BCUT2D eigenvalue weighted by Crippen LogP contribution is -2.34. The van der Waals surface area contributed by atoms with Gasteiger partial charge in [0.2, 0.25) is 10.0 Å². The maximum absolute atomic E-state index is 12.1. The van der Waals surface area contributed by atoms with Gasteiger partial charge in [0.25, 0.3) is 0 Å². The second kappa shape index (κ2) is 7.73. The number of benzene rings is 1. The molecule has 1 N–H and O–H groups in total. The van der Waals surface area contributed by atoms with Crippen molar-refractivity contribution < 1.29 is 8.42 Å². The minimum absolute atomic E-state index is 0.259. The SMILES string of the molecule is CCN(CC)CCNS(=O)(=O)c1ccc(Br)cc1Br. The van der Waals surface area contributed by atoms with Crippen LogP contribution in [0.1, 0.15) is 13.8 Å². The van der Waals surface area contributed by atoms with Gasteiger partial charge in [-0.25, -0.2) is 13.1 Å². The van der Waals surface area contributed by atoms with E-state index < -0.39 is 10.0 Å². The summed E-state index contributed by atoms with van der Waals surface area (Å²) in [6, 6.07) is 5.01. The molecule has 0 aliphatic rings. The molecule has 0 spiro atoms. The molecule has 0 unspecified atom stereocenters. The summed E-state index contributed by atoms with van der Waals surface area (Å²) in [5, 5.41) is 0. The molecule has 19 heavy (non-hydrogen) atoms. The molecule has 4 nitrogen and oxygen atoms in total. The quantitative estimate of drug-likeness (QED) is 0.747. The second-order valence-electron chi connectivity index (χ2n) is 4.00. The molecule has 0 atom stereocenters. The Kier molecular flexibility index (Phi) is 6.96. The van der Waals surface area contributed by atoms with E-state index in [4.69, 9.17) is 0 Å². The lowest BCUT2D eigenvalue weighted by molar-refractivity contribution is 0.309. The first-order valence-corrected chi connectivity index (χ1v) is 9.14. The van der Waals surface area contributed by atoms with Gasteiger partial charge in [0.05, 0.1) is 4.90 Å². The Labute approximate surface area is 131 Å². The Hall–Kier alpha value is 0.0500. The van der Waals surface area contributed by atoms with Crippen molar-refractivity contribution in [3.05, 3.63) is 27.1 Å². The van der Waals surface area contributed by atoms with Crippen LogP contribution in [0.4, 0.5) is 0 Å². The lowest BCUT2D eigenvalue weighted by atomic mass is 10.4. The van der Waals surface area contributed by atoms with E-state index in [1.165, 1.54) is 0 Å². The molecule has 0 heterocycles. The third kappa shape index (κ3) is 5.15. The van der Waals surface area contributed by atoms with E-state index in [0.717, 1.165) is 17.6 Å². The van der Waals surface area contributed by atoms with Crippen LogP contribution >= 0.6 is 31.9 Å². The number of sulfonamides is 1. The highest BCUT2D eigenvalue weighted by Gasteiger charge is 2.17. The van der Waals surface area contributed by atoms with E-state index in [2.05, 4.69) is 55.3 Å². The van der Waals surface area contributed by atoms with Crippen LogP contribution in [0.5, 0.6) is 0 Å². The van der Waals surface area contributed by atoms with Gasteiger partial charge in [-0.3, -0.25) is 0 Å². The van der Waals surface area contributed by atoms with E-state index in [1.807, 2.05) is 0 Å². The summed E-state index contributed by atoms with van der Waals surface area (Å²) in [5.74, 6) is 0. The van der Waals surface area contributed by atoms with Gasteiger partial charge in [-0.15, -0.1) is 0 Å². The first kappa shape index (κ1) is 17.1. The number of halogens is 2. The Balaban J connectivity index is 2.71. The molecule has 1 aromatic rings. The number of hydrogen-bond acceptors (Lipinski definition) is 3. The Bertz CT molecular complexity index is 516. The molecule has 0 amide bonds. The zero-order chi connectivity index (χ0) is 14.5. The molecule has 0 aliphatic heterocycles. The summed E-state index contributed by atoms with van der Waals surface area (Å²) in [6.07, 6.45) is 0. The van der Waals surface area contributed by atoms with Crippen molar-refractivity contribution in [3.63, 3.8) is 0 Å². The summed E-state index contributed by atoms with van der Waals surface area (Å²) < 4.78 is 28.3. The van der Waals surface area contributed by atoms with Crippen molar-refractivity contribution in [2.75, 3.05) is 26.2 Å². The van der Waals surface area contributed by atoms with Gasteiger partial charge in [-0.2, -0.15) is 0 Å². The molecular weight excluding hydrogens is 396 g/mol. The molecular formula is C12H18Br2N2O2S. The Morgan fingerprint density at radius 2 is 1.84 bits per heavy atom.